The molecule has 1 N–H and O–H groups in total. The minimum atomic E-state index is -4.08. The van der Waals surface area contributed by atoms with Crippen LogP contribution in [0.4, 0.5) is 19.0 Å². The van der Waals surface area contributed by atoms with E-state index in [1.807, 2.05) is 0 Å². The van der Waals surface area contributed by atoms with Gasteiger partial charge < -0.3 is 5.32 Å². The third-order valence-corrected chi connectivity index (χ3v) is 3.19. The van der Waals surface area contributed by atoms with Gasteiger partial charge in [0.1, 0.15) is 17.3 Å². The minimum Gasteiger partial charge on any atom is -0.369 e. The third kappa shape index (κ3) is 5.54. The number of hydrogen-bond donors (Lipinski definition) is 1. The maximum Gasteiger partial charge on any atom is 0.389 e. The molecule has 0 atom stereocenters. The SMILES string of the molecule is FC(F)(F)CCCCNc1ncnc(Cl)c1Br. The first kappa shape index (κ1) is 14.5. The Kier molecular flexibility index (Phi) is 5.45. The van der Waals surface area contributed by atoms with Gasteiger partial charge in [-0.1, -0.05) is 11.6 Å². The van der Waals surface area contributed by atoms with Crippen LogP contribution in [0.3, 0.4) is 0 Å². The van der Waals surface area contributed by atoms with Crippen molar-refractivity contribution in [3.8, 4) is 0 Å². The number of anilines is 1. The first-order valence-electron chi connectivity index (χ1n) is 4.87. The van der Waals surface area contributed by atoms with Crippen molar-refractivity contribution >= 4 is 33.3 Å². The van der Waals surface area contributed by atoms with E-state index in [9.17, 15) is 13.2 Å². The lowest BCUT2D eigenvalue weighted by Crippen LogP contribution is -2.09. The molecular formula is C9H10BrClF3N3. The van der Waals surface area contributed by atoms with Gasteiger partial charge >= 0.3 is 6.18 Å². The highest BCUT2D eigenvalue weighted by Crippen LogP contribution is 2.26. The molecule has 0 aliphatic rings. The van der Waals surface area contributed by atoms with E-state index in [-0.39, 0.29) is 11.6 Å². The zero-order chi connectivity index (χ0) is 12.9. The van der Waals surface area contributed by atoms with Gasteiger partial charge in [-0.3, -0.25) is 0 Å². The molecule has 1 aromatic rings. The van der Waals surface area contributed by atoms with E-state index in [0.29, 0.717) is 23.3 Å². The van der Waals surface area contributed by atoms with Crippen molar-refractivity contribution in [2.24, 2.45) is 0 Å². The van der Waals surface area contributed by atoms with E-state index in [4.69, 9.17) is 11.6 Å². The van der Waals surface area contributed by atoms with Crippen molar-refractivity contribution in [2.45, 2.75) is 25.4 Å². The molecule has 0 saturated carbocycles. The van der Waals surface area contributed by atoms with Crippen LogP contribution >= 0.6 is 27.5 Å². The molecule has 0 spiro atoms. The standard InChI is InChI=1S/C9H10BrClF3N3/c10-6-7(11)16-5-17-8(6)15-4-2-1-3-9(12,13)14/h5H,1-4H2,(H,15,16,17). The number of alkyl halides is 3. The van der Waals surface area contributed by atoms with Crippen molar-refractivity contribution in [3.63, 3.8) is 0 Å². The summed E-state index contributed by atoms with van der Waals surface area (Å²) in [6, 6.07) is 0. The second kappa shape index (κ2) is 6.39. The van der Waals surface area contributed by atoms with E-state index >= 15 is 0 Å². The topological polar surface area (TPSA) is 37.8 Å². The van der Waals surface area contributed by atoms with Gasteiger partial charge in [-0.25, -0.2) is 9.97 Å². The van der Waals surface area contributed by atoms with Crippen LogP contribution in [0.5, 0.6) is 0 Å². The van der Waals surface area contributed by atoms with Crippen LogP contribution in [0.15, 0.2) is 10.8 Å². The predicted octanol–water partition coefficient (Wildman–Crippen LogP) is 4.04. The summed E-state index contributed by atoms with van der Waals surface area (Å²) in [6.45, 7) is 0.405. The fourth-order valence-electron chi connectivity index (χ4n) is 1.13. The monoisotopic (exact) mass is 331 g/mol. The van der Waals surface area contributed by atoms with Gasteiger partial charge in [0.15, 0.2) is 0 Å². The van der Waals surface area contributed by atoms with Gasteiger partial charge in [-0.05, 0) is 28.8 Å². The molecule has 0 aliphatic heterocycles. The Hall–Kier alpha value is -0.560. The van der Waals surface area contributed by atoms with E-state index in [2.05, 4.69) is 31.2 Å². The molecule has 0 aromatic carbocycles. The van der Waals surface area contributed by atoms with Crippen molar-refractivity contribution < 1.29 is 13.2 Å². The van der Waals surface area contributed by atoms with Crippen LogP contribution in [0.2, 0.25) is 5.15 Å². The summed E-state index contributed by atoms with van der Waals surface area (Å²) in [7, 11) is 0. The van der Waals surface area contributed by atoms with Crippen molar-refractivity contribution in [1.29, 1.82) is 0 Å². The van der Waals surface area contributed by atoms with Crippen LogP contribution < -0.4 is 5.32 Å². The van der Waals surface area contributed by atoms with E-state index in [1.165, 1.54) is 6.33 Å². The lowest BCUT2D eigenvalue weighted by atomic mass is 10.2. The first-order chi connectivity index (χ1) is 7.90. The number of hydrogen-bond acceptors (Lipinski definition) is 3. The molecule has 0 aliphatic carbocycles. The van der Waals surface area contributed by atoms with E-state index < -0.39 is 12.6 Å². The summed E-state index contributed by atoms with van der Waals surface area (Å²) >= 11 is 8.91. The lowest BCUT2D eigenvalue weighted by molar-refractivity contribution is -0.135. The molecule has 96 valence electrons. The highest BCUT2D eigenvalue weighted by Gasteiger charge is 2.25. The smallest absolute Gasteiger partial charge is 0.369 e. The second-order valence-corrected chi connectivity index (χ2v) is 4.48. The quantitative estimate of drug-likeness (QED) is 0.653. The average molecular weight is 333 g/mol. The van der Waals surface area contributed by atoms with Crippen LogP contribution in [0, 0.1) is 0 Å². The lowest BCUT2D eigenvalue weighted by Gasteiger charge is -2.08. The van der Waals surface area contributed by atoms with Gasteiger partial charge in [0.25, 0.3) is 0 Å². The van der Waals surface area contributed by atoms with Gasteiger partial charge in [-0.15, -0.1) is 0 Å². The average Bonchev–Trinajstić information content (AvgIpc) is 2.22. The van der Waals surface area contributed by atoms with Crippen LogP contribution in [-0.2, 0) is 0 Å². The highest BCUT2D eigenvalue weighted by atomic mass is 79.9. The molecule has 0 unspecified atom stereocenters. The van der Waals surface area contributed by atoms with Gasteiger partial charge in [0.05, 0.1) is 4.47 Å². The Morgan fingerprint density at radius 1 is 1.29 bits per heavy atom. The maximum atomic E-state index is 11.9. The molecule has 1 heterocycles. The van der Waals surface area contributed by atoms with E-state index in [1.54, 1.807) is 0 Å². The summed E-state index contributed by atoms with van der Waals surface area (Å²) in [5.74, 6) is 0.483. The Balaban J connectivity index is 2.29. The Morgan fingerprint density at radius 2 is 2.00 bits per heavy atom. The first-order valence-corrected chi connectivity index (χ1v) is 6.04. The molecule has 0 saturated heterocycles. The maximum absolute atomic E-state index is 11.9. The largest absolute Gasteiger partial charge is 0.389 e. The zero-order valence-corrected chi connectivity index (χ0v) is 11.0. The molecule has 8 heteroatoms. The molecule has 1 rings (SSSR count). The molecule has 0 amide bonds. The highest BCUT2D eigenvalue weighted by molar-refractivity contribution is 9.10. The van der Waals surface area contributed by atoms with Gasteiger partial charge in [-0.2, -0.15) is 13.2 Å². The second-order valence-electron chi connectivity index (χ2n) is 3.33. The number of aromatic nitrogens is 2. The summed E-state index contributed by atoms with van der Waals surface area (Å²) in [5.41, 5.74) is 0. The molecule has 0 bridgehead atoms. The van der Waals surface area contributed by atoms with Crippen LogP contribution in [-0.4, -0.2) is 22.7 Å². The summed E-state index contributed by atoms with van der Waals surface area (Å²) in [5, 5.41) is 3.15. The fourth-order valence-corrected chi connectivity index (χ4v) is 1.61. The fraction of sp³-hybridized carbons (Fsp3) is 0.556. The van der Waals surface area contributed by atoms with Crippen molar-refractivity contribution in [1.82, 2.24) is 9.97 Å². The van der Waals surface area contributed by atoms with Crippen molar-refractivity contribution in [2.75, 3.05) is 11.9 Å². The van der Waals surface area contributed by atoms with Crippen molar-refractivity contribution in [3.05, 3.63) is 16.0 Å². The summed E-state index contributed by atoms with van der Waals surface area (Å²) in [6.07, 6.45) is -3.06. The molecule has 0 radical (unpaired) electrons. The number of nitrogens with one attached hydrogen (secondary N) is 1. The number of halogens is 5. The molecule has 0 fully saturated rings. The van der Waals surface area contributed by atoms with Gasteiger partial charge in [0, 0.05) is 13.0 Å². The number of nitrogens with zero attached hydrogens (tertiary/aromatic N) is 2. The third-order valence-electron chi connectivity index (χ3n) is 1.93. The summed E-state index contributed by atoms with van der Waals surface area (Å²) in [4.78, 5) is 7.64. The summed E-state index contributed by atoms with van der Waals surface area (Å²) < 4.78 is 36.1. The predicted molar refractivity (Wildman–Crippen MR) is 63.1 cm³/mol. The molecule has 1 aromatic heterocycles. The molecule has 17 heavy (non-hydrogen) atoms. The number of rotatable bonds is 5. The Bertz CT molecular complexity index is 373. The Morgan fingerprint density at radius 3 is 2.65 bits per heavy atom. The Labute approximate surface area is 110 Å². The normalized spacial score (nSPS) is 11.6. The number of unbranched alkanes of at least 4 members (excludes halogenated alkanes) is 1. The van der Waals surface area contributed by atoms with E-state index in [0.717, 1.165) is 0 Å². The van der Waals surface area contributed by atoms with Crippen LogP contribution in [0.25, 0.3) is 0 Å². The zero-order valence-electron chi connectivity index (χ0n) is 8.69. The molecule has 3 nitrogen and oxygen atoms in total. The molecular weight excluding hydrogens is 322 g/mol. The minimum absolute atomic E-state index is 0.0902. The van der Waals surface area contributed by atoms with Gasteiger partial charge in [0.2, 0.25) is 0 Å². The van der Waals surface area contributed by atoms with Crippen LogP contribution in [0.1, 0.15) is 19.3 Å².